The normalized spacial score (nSPS) is 13.8. The largest absolute Gasteiger partial charge is 0.508 e. The van der Waals surface area contributed by atoms with Gasteiger partial charge in [0, 0.05) is 25.0 Å². The van der Waals surface area contributed by atoms with Crippen LogP contribution in [0.5, 0.6) is 5.75 Å². The molecule has 4 atom stereocenters. The quantitative estimate of drug-likeness (QED) is 0.130. The maximum Gasteiger partial charge on any atom is 0.326 e. The van der Waals surface area contributed by atoms with E-state index < -0.39 is 53.8 Å². The topological polar surface area (TPSA) is 214 Å². The average Bonchev–Trinajstić information content (AvgIpc) is 2.91. The van der Waals surface area contributed by atoms with Crippen LogP contribution in [0.4, 0.5) is 0 Å². The molecular formula is C26H33N5O7S. The van der Waals surface area contributed by atoms with E-state index in [1.54, 1.807) is 42.5 Å². The van der Waals surface area contributed by atoms with Crippen molar-refractivity contribution in [3.63, 3.8) is 0 Å². The number of carboxylic acids is 1. The zero-order chi connectivity index (χ0) is 28.9. The van der Waals surface area contributed by atoms with Gasteiger partial charge in [-0.05, 0) is 29.7 Å². The Morgan fingerprint density at radius 3 is 1.85 bits per heavy atom. The monoisotopic (exact) mass is 559 g/mol. The number of aromatic hydroxyl groups is 1. The average molecular weight is 560 g/mol. The Hall–Kier alpha value is -4.10. The van der Waals surface area contributed by atoms with Crippen LogP contribution >= 0.6 is 12.6 Å². The van der Waals surface area contributed by atoms with Crippen molar-refractivity contribution < 1.29 is 34.2 Å². The smallest absolute Gasteiger partial charge is 0.326 e. The number of aliphatic carboxylic acids is 1. The molecule has 0 saturated heterocycles. The van der Waals surface area contributed by atoms with E-state index in [0.717, 1.165) is 0 Å². The predicted molar refractivity (Wildman–Crippen MR) is 146 cm³/mol. The van der Waals surface area contributed by atoms with Crippen LogP contribution in [-0.4, -0.2) is 69.7 Å². The Balaban J connectivity index is 2.24. The maximum atomic E-state index is 13.3. The standard InChI is InChI=1S/C26H33N5O7S/c27-18(14-39)23(34)30-20(12-16-6-8-17(32)9-7-16)25(36)29-19(10-11-22(28)33)24(35)31-21(26(37)38)13-15-4-2-1-3-5-15/h1-9,18-21,32,39H,10-14,27H2,(H2,28,33)(H,29,36)(H,30,34)(H,31,35)(H,37,38). The van der Waals surface area contributed by atoms with Gasteiger partial charge >= 0.3 is 5.97 Å². The molecule has 210 valence electrons. The molecule has 0 aliphatic heterocycles. The van der Waals surface area contributed by atoms with E-state index in [1.807, 2.05) is 0 Å². The first kappa shape index (κ1) is 31.1. The minimum absolute atomic E-state index is 0.00700. The van der Waals surface area contributed by atoms with E-state index in [0.29, 0.717) is 11.1 Å². The van der Waals surface area contributed by atoms with Gasteiger partial charge < -0.3 is 37.6 Å². The Morgan fingerprint density at radius 2 is 1.28 bits per heavy atom. The molecule has 12 nitrogen and oxygen atoms in total. The highest BCUT2D eigenvalue weighted by Gasteiger charge is 2.30. The molecule has 2 rings (SSSR count). The van der Waals surface area contributed by atoms with E-state index >= 15 is 0 Å². The van der Waals surface area contributed by atoms with Crippen LogP contribution in [0.1, 0.15) is 24.0 Å². The van der Waals surface area contributed by atoms with Crippen molar-refractivity contribution in [2.75, 3.05) is 5.75 Å². The summed E-state index contributed by atoms with van der Waals surface area (Å²) in [6.07, 6.45) is -0.512. The van der Waals surface area contributed by atoms with Crippen molar-refractivity contribution in [3.05, 3.63) is 65.7 Å². The molecule has 4 amide bonds. The molecule has 0 bridgehead atoms. The molecular weight excluding hydrogens is 526 g/mol. The fraction of sp³-hybridized carbons (Fsp3) is 0.346. The number of nitrogens with one attached hydrogen (secondary N) is 3. The van der Waals surface area contributed by atoms with Gasteiger partial charge in [-0.25, -0.2) is 4.79 Å². The highest BCUT2D eigenvalue weighted by Crippen LogP contribution is 2.12. The number of amides is 4. The van der Waals surface area contributed by atoms with Crippen molar-refractivity contribution in [2.45, 2.75) is 49.9 Å². The van der Waals surface area contributed by atoms with E-state index in [-0.39, 0.29) is 37.2 Å². The van der Waals surface area contributed by atoms with Gasteiger partial charge in [0.05, 0.1) is 6.04 Å². The summed E-state index contributed by atoms with van der Waals surface area (Å²) in [4.78, 5) is 62.1. The van der Waals surface area contributed by atoms with Gasteiger partial charge in [0.2, 0.25) is 23.6 Å². The highest BCUT2D eigenvalue weighted by atomic mass is 32.1. The van der Waals surface area contributed by atoms with E-state index in [1.165, 1.54) is 12.1 Å². The molecule has 4 unspecified atom stereocenters. The molecule has 0 radical (unpaired) electrons. The van der Waals surface area contributed by atoms with Crippen molar-refractivity contribution >= 4 is 42.2 Å². The zero-order valence-electron chi connectivity index (χ0n) is 21.1. The lowest BCUT2D eigenvalue weighted by Crippen LogP contribution is -2.58. The van der Waals surface area contributed by atoms with E-state index in [9.17, 15) is 34.2 Å². The van der Waals surface area contributed by atoms with Crippen LogP contribution < -0.4 is 27.4 Å². The summed E-state index contributed by atoms with van der Waals surface area (Å²) in [5.74, 6) is -4.26. The molecule has 0 fully saturated rings. The molecule has 13 heteroatoms. The summed E-state index contributed by atoms with van der Waals surface area (Å²) in [7, 11) is 0. The SMILES string of the molecule is NC(=O)CCC(NC(=O)C(Cc1ccc(O)cc1)NC(=O)C(N)CS)C(=O)NC(Cc1ccccc1)C(=O)O. The Bertz CT molecular complexity index is 1150. The Kier molecular flexibility index (Phi) is 12.2. The number of phenolic OH excluding ortho intramolecular Hbond substituents is 1. The van der Waals surface area contributed by atoms with Crippen LogP contribution in [0.2, 0.25) is 0 Å². The zero-order valence-corrected chi connectivity index (χ0v) is 22.0. The molecule has 39 heavy (non-hydrogen) atoms. The second-order valence-electron chi connectivity index (χ2n) is 8.88. The third-order valence-electron chi connectivity index (χ3n) is 5.75. The molecule has 0 aliphatic rings. The number of carboxylic acid groups (broad SMARTS) is 1. The van der Waals surface area contributed by atoms with Gasteiger partial charge in [0.25, 0.3) is 0 Å². The number of benzene rings is 2. The van der Waals surface area contributed by atoms with Crippen molar-refractivity contribution in [3.8, 4) is 5.75 Å². The number of hydrogen-bond donors (Lipinski definition) is 8. The molecule has 0 spiro atoms. The second-order valence-corrected chi connectivity index (χ2v) is 9.24. The summed E-state index contributed by atoms with van der Waals surface area (Å²) in [5.41, 5.74) is 12.2. The molecule has 2 aromatic rings. The number of thiol groups is 1. The predicted octanol–water partition coefficient (Wildman–Crippen LogP) is -0.761. The minimum atomic E-state index is -1.33. The number of nitrogens with two attached hydrogens (primary N) is 2. The summed E-state index contributed by atoms with van der Waals surface area (Å²) >= 11 is 3.99. The number of carbonyl (C=O) groups is 5. The lowest BCUT2D eigenvalue weighted by atomic mass is 10.0. The Labute approximate surface area is 230 Å². The van der Waals surface area contributed by atoms with Gasteiger partial charge in [-0.1, -0.05) is 42.5 Å². The van der Waals surface area contributed by atoms with E-state index in [4.69, 9.17) is 11.5 Å². The van der Waals surface area contributed by atoms with Gasteiger partial charge in [-0.2, -0.15) is 12.6 Å². The van der Waals surface area contributed by atoms with Crippen LogP contribution in [0.15, 0.2) is 54.6 Å². The Morgan fingerprint density at radius 1 is 0.769 bits per heavy atom. The summed E-state index contributed by atoms with van der Waals surface area (Å²) in [6, 6.07) is 9.72. The van der Waals surface area contributed by atoms with E-state index in [2.05, 4.69) is 28.6 Å². The van der Waals surface area contributed by atoms with Gasteiger partial charge in [-0.15, -0.1) is 0 Å². The summed E-state index contributed by atoms with van der Waals surface area (Å²) in [5, 5.41) is 26.6. The second kappa shape index (κ2) is 15.3. The van der Waals surface area contributed by atoms with Gasteiger partial charge in [0.15, 0.2) is 0 Å². The van der Waals surface area contributed by atoms with Crippen LogP contribution in [0, 0.1) is 0 Å². The fourth-order valence-corrected chi connectivity index (χ4v) is 3.75. The third kappa shape index (κ3) is 10.7. The number of carbonyl (C=O) groups excluding carboxylic acids is 4. The number of phenols is 1. The maximum absolute atomic E-state index is 13.3. The number of hydrogen-bond acceptors (Lipinski definition) is 8. The van der Waals surface area contributed by atoms with Gasteiger partial charge in [-0.3, -0.25) is 19.2 Å². The molecule has 0 heterocycles. The van der Waals surface area contributed by atoms with Gasteiger partial charge in [0.1, 0.15) is 23.9 Å². The highest BCUT2D eigenvalue weighted by molar-refractivity contribution is 7.80. The number of rotatable bonds is 15. The molecule has 2 aromatic carbocycles. The van der Waals surface area contributed by atoms with Crippen LogP contribution in [-0.2, 0) is 36.8 Å². The van der Waals surface area contributed by atoms with Crippen molar-refractivity contribution in [1.82, 2.24) is 16.0 Å². The van der Waals surface area contributed by atoms with Crippen LogP contribution in [0.25, 0.3) is 0 Å². The first-order valence-corrected chi connectivity index (χ1v) is 12.7. The van der Waals surface area contributed by atoms with Crippen LogP contribution in [0.3, 0.4) is 0 Å². The first-order chi connectivity index (χ1) is 18.5. The molecule has 0 aromatic heterocycles. The molecule has 9 N–H and O–H groups in total. The third-order valence-corrected chi connectivity index (χ3v) is 6.15. The fourth-order valence-electron chi connectivity index (χ4n) is 3.59. The minimum Gasteiger partial charge on any atom is -0.508 e. The van der Waals surface area contributed by atoms with Crippen molar-refractivity contribution in [1.29, 1.82) is 0 Å². The first-order valence-electron chi connectivity index (χ1n) is 12.1. The molecule has 0 saturated carbocycles. The summed E-state index contributed by atoms with van der Waals surface area (Å²) < 4.78 is 0. The molecule has 0 aliphatic carbocycles. The lowest BCUT2D eigenvalue weighted by molar-refractivity contribution is -0.142. The lowest BCUT2D eigenvalue weighted by Gasteiger charge is -2.25. The van der Waals surface area contributed by atoms with Crippen molar-refractivity contribution in [2.24, 2.45) is 11.5 Å². The number of primary amides is 1. The summed E-state index contributed by atoms with van der Waals surface area (Å²) in [6.45, 7) is 0.